The highest BCUT2D eigenvalue weighted by atomic mass is 35.5. The Balaban J connectivity index is 1.41. The Morgan fingerprint density at radius 1 is 1.00 bits per heavy atom. The summed E-state index contributed by atoms with van der Waals surface area (Å²) >= 11 is 12.5. The SMILES string of the molecule is O=C(NCCCCc1cccnc1)C1CC1(c1cccc(Cl)c1)c1cccc(Cl)c1. The average molecular weight is 439 g/mol. The molecule has 0 radical (unpaired) electrons. The highest BCUT2D eigenvalue weighted by Gasteiger charge is 2.60. The number of unbranched alkanes of at least 4 members (excludes halogenated alkanes) is 1. The topological polar surface area (TPSA) is 42.0 Å². The first-order valence-corrected chi connectivity index (χ1v) is 11.0. The van der Waals surface area contributed by atoms with Gasteiger partial charge in [-0.3, -0.25) is 9.78 Å². The van der Waals surface area contributed by atoms with Crippen molar-refractivity contribution in [1.29, 1.82) is 0 Å². The zero-order valence-electron chi connectivity index (χ0n) is 16.7. The fraction of sp³-hybridized carbons (Fsp3) is 0.280. The Morgan fingerprint density at radius 3 is 2.30 bits per heavy atom. The number of pyridine rings is 1. The summed E-state index contributed by atoms with van der Waals surface area (Å²) in [4.78, 5) is 17.1. The van der Waals surface area contributed by atoms with Crippen molar-refractivity contribution in [1.82, 2.24) is 10.3 Å². The molecule has 1 aliphatic rings. The number of carbonyl (C=O) groups is 1. The quantitative estimate of drug-likeness (QED) is 0.449. The summed E-state index contributed by atoms with van der Waals surface area (Å²) in [7, 11) is 0. The Morgan fingerprint density at radius 2 is 1.70 bits per heavy atom. The molecule has 2 aromatic carbocycles. The first kappa shape index (κ1) is 20.9. The molecular weight excluding hydrogens is 415 g/mol. The van der Waals surface area contributed by atoms with E-state index < -0.39 is 0 Å². The van der Waals surface area contributed by atoms with Crippen molar-refractivity contribution in [3.8, 4) is 0 Å². The van der Waals surface area contributed by atoms with Gasteiger partial charge in [0.1, 0.15) is 0 Å². The largest absolute Gasteiger partial charge is 0.356 e. The van der Waals surface area contributed by atoms with Gasteiger partial charge >= 0.3 is 0 Å². The second-order valence-corrected chi connectivity index (χ2v) is 8.73. The predicted octanol–water partition coefficient (Wildman–Crippen LogP) is 5.83. The molecule has 1 saturated carbocycles. The molecule has 1 heterocycles. The van der Waals surface area contributed by atoms with Crippen molar-refractivity contribution >= 4 is 29.1 Å². The van der Waals surface area contributed by atoms with Gasteiger partial charge in [0, 0.05) is 34.4 Å². The average Bonchev–Trinajstić information content (AvgIpc) is 3.51. The molecule has 5 heteroatoms. The van der Waals surface area contributed by atoms with Gasteiger partial charge in [-0.05, 0) is 72.7 Å². The molecule has 3 nitrogen and oxygen atoms in total. The van der Waals surface area contributed by atoms with Crippen LogP contribution in [-0.4, -0.2) is 17.4 Å². The van der Waals surface area contributed by atoms with Crippen LogP contribution >= 0.6 is 23.2 Å². The molecule has 0 spiro atoms. The smallest absolute Gasteiger partial charge is 0.224 e. The van der Waals surface area contributed by atoms with Gasteiger partial charge in [-0.15, -0.1) is 0 Å². The summed E-state index contributed by atoms with van der Waals surface area (Å²) in [5, 5.41) is 4.49. The van der Waals surface area contributed by atoms with E-state index in [1.165, 1.54) is 5.56 Å². The van der Waals surface area contributed by atoms with Crippen LogP contribution in [0.4, 0.5) is 0 Å². The summed E-state index contributed by atoms with van der Waals surface area (Å²) in [6, 6.07) is 19.7. The monoisotopic (exact) mass is 438 g/mol. The minimum atomic E-state index is -0.365. The number of hydrogen-bond acceptors (Lipinski definition) is 2. The zero-order chi connectivity index (χ0) is 21.0. The number of aryl methyl sites for hydroxylation is 1. The van der Waals surface area contributed by atoms with Gasteiger partial charge in [-0.2, -0.15) is 0 Å². The molecule has 0 aliphatic heterocycles. The molecule has 4 rings (SSSR count). The van der Waals surface area contributed by atoms with E-state index in [-0.39, 0.29) is 17.2 Å². The molecule has 0 saturated heterocycles. The van der Waals surface area contributed by atoms with Crippen molar-refractivity contribution < 1.29 is 4.79 Å². The second kappa shape index (κ2) is 9.20. The number of nitrogens with zero attached hydrogens (tertiary/aromatic N) is 1. The number of aromatic nitrogens is 1. The minimum absolute atomic E-state index is 0.0938. The van der Waals surface area contributed by atoms with Crippen molar-refractivity contribution in [3.63, 3.8) is 0 Å². The number of benzene rings is 2. The summed E-state index contributed by atoms with van der Waals surface area (Å²) < 4.78 is 0. The molecule has 3 aromatic rings. The third-order valence-corrected chi connectivity index (χ3v) is 6.34. The van der Waals surface area contributed by atoms with Crippen LogP contribution in [0.1, 0.15) is 36.0 Å². The molecular formula is C25H24Cl2N2O. The van der Waals surface area contributed by atoms with Gasteiger partial charge in [0.2, 0.25) is 5.91 Å². The summed E-state index contributed by atoms with van der Waals surface area (Å²) in [5.41, 5.74) is 2.99. The Labute approximate surface area is 187 Å². The van der Waals surface area contributed by atoms with Gasteiger partial charge in [-0.1, -0.05) is 53.5 Å². The van der Waals surface area contributed by atoms with E-state index in [4.69, 9.17) is 23.2 Å². The van der Waals surface area contributed by atoms with E-state index in [0.717, 1.165) is 36.8 Å². The lowest BCUT2D eigenvalue weighted by Crippen LogP contribution is -2.30. The van der Waals surface area contributed by atoms with Crippen LogP contribution in [0.3, 0.4) is 0 Å². The summed E-state index contributed by atoms with van der Waals surface area (Å²) in [6.45, 7) is 0.677. The Bertz CT molecular complexity index is 977. The van der Waals surface area contributed by atoms with Crippen LogP contribution in [0, 0.1) is 5.92 Å². The van der Waals surface area contributed by atoms with Crippen LogP contribution in [-0.2, 0) is 16.6 Å². The van der Waals surface area contributed by atoms with Crippen molar-refractivity contribution in [2.75, 3.05) is 6.54 Å². The third-order valence-electron chi connectivity index (χ3n) is 5.87. The highest BCUT2D eigenvalue weighted by molar-refractivity contribution is 6.31. The summed E-state index contributed by atoms with van der Waals surface area (Å²) in [6.07, 6.45) is 7.37. The molecule has 1 N–H and O–H groups in total. The van der Waals surface area contributed by atoms with Gasteiger partial charge in [0.05, 0.1) is 5.92 Å². The number of nitrogens with one attached hydrogen (secondary N) is 1. The normalized spacial score (nSPS) is 16.8. The number of amides is 1. The molecule has 30 heavy (non-hydrogen) atoms. The maximum absolute atomic E-state index is 13.0. The van der Waals surface area contributed by atoms with E-state index >= 15 is 0 Å². The van der Waals surface area contributed by atoms with Crippen LogP contribution in [0.15, 0.2) is 73.1 Å². The predicted molar refractivity (Wildman–Crippen MR) is 122 cm³/mol. The van der Waals surface area contributed by atoms with Crippen LogP contribution in [0.25, 0.3) is 0 Å². The molecule has 1 atom stereocenters. The molecule has 1 aliphatic carbocycles. The Hall–Kier alpha value is -2.36. The molecule has 1 aromatic heterocycles. The van der Waals surface area contributed by atoms with Gasteiger partial charge in [-0.25, -0.2) is 0 Å². The lowest BCUT2D eigenvalue weighted by Gasteiger charge is -2.19. The number of halogens is 2. The molecule has 1 fully saturated rings. The fourth-order valence-corrected chi connectivity index (χ4v) is 4.63. The Kier molecular flexibility index (Phi) is 6.40. The maximum atomic E-state index is 13.0. The lowest BCUT2D eigenvalue weighted by molar-refractivity contribution is -0.122. The van der Waals surface area contributed by atoms with Crippen molar-refractivity contribution in [2.45, 2.75) is 31.1 Å². The van der Waals surface area contributed by atoms with Crippen molar-refractivity contribution in [3.05, 3.63) is 99.8 Å². The lowest BCUT2D eigenvalue weighted by atomic mass is 9.85. The number of carbonyl (C=O) groups excluding carboxylic acids is 1. The first-order chi connectivity index (χ1) is 14.6. The highest BCUT2D eigenvalue weighted by Crippen LogP contribution is 2.59. The van der Waals surface area contributed by atoms with E-state index in [9.17, 15) is 4.79 Å². The third kappa shape index (κ3) is 4.53. The van der Waals surface area contributed by atoms with E-state index in [1.807, 2.05) is 60.8 Å². The van der Waals surface area contributed by atoms with Gasteiger partial charge in [0.25, 0.3) is 0 Å². The molecule has 1 unspecified atom stereocenters. The first-order valence-electron chi connectivity index (χ1n) is 10.3. The second-order valence-electron chi connectivity index (χ2n) is 7.86. The zero-order valence-corrected chi connectivity index (χ0v) is 18.2. The van der Waals surface area contributed by atoms with E-state index in [2.05, 4.69) is 16.4 Å². The van der Waals surface area contributed by atoms with Crippen molar-refractivity contribution in [2.24, 2.45) is 5.92 Å². The van der Waals surface area contributed by atoms with Crippen LogP contribution in [0.2, 0.25) is 10.0 Å². The standard InChI is InChI=1S/C25H24Cl2N2O/c26-21-10-3-8-19(14-21)25(20-9-4-11-22(27)15-20)16-23(25)24(30)29-13-2-1-6-18-7-5-12-28-17-18/h3-5,7-12,14-15,17,23H,1-2,6,13,16H2,(H,29,30). The van der Waals surface area contributed by atoms with E-state index in [0.29, 0.717) is 16.6 Å². The maximum Gasteiger partial charge on any atom is 0.224 e. The summed E-state index contributed by atoms with van der Waals surface area (Å²) in [5.74, 6) is -0.0240. The van der Waals surface area contributed by atoms with Crippen LogP contribution < -0.4 is 5.32 Å². The van der Waals surface area contributed by atoms with E-state index in [1.54, 1.807) is 6.20 Å². The fourth-order valence-electron chi connectivity index (χ4n) is 4.25. The van der Waals surface area contributed by atoms with Gasteiger partial charge < -0.3 is 5.32 Å². The molecule has 1 amide bonds. The number of hydrogen-bond donors (Lipinski definition) is 1. The van der Waals surface area contributed by atoms with Gasteiger partial charge in [0.15, 0.2) is 0 Å². The minimum Gasteiger partial charge on any atom is -0.356 e. The molecule has 154 valence electrons. The molecule has 0 bridgehead atoms. The van der Waals surface area contributed by atoms with Crippen LogP contribution in [0.5, 0.6) is 0 Å². The number of rotatable bonds is 8.